The van der Waals surface area contributed by atoms with E-state index in [9.17, 15) is 0 Å². The van der Waals surface area contributed by atoms with E-state index in [-0.39, 0.29) is 0 Å². The number of nitrogens with one attached hydrogen (secondary N) is 1. The fourth-order valence-electron chi connectivity index (χ4n) is 2.47. The molecule has 0 bridgehead atoms. The number of nitrogens with zero attached hydrogens (tertiary/aromatic N) is 1. The van der Waals surface area contributed by atoms with Gasteiger partial charge in [0.1, 0.15) is 0 Å². The van der Waals surface area contributed by atoms with Gasteiger partial charge in [0.25, 0.3) is 0 Å². The largest absolute Gasteiger partial charge is 0.311 e. The van der Waals surface area contributed by atoms with Crippen molar-refractivity contribution in [1.29, 1.82) is 0 Å². The molecule has 2 nitrogen and oxygen atoms in total. The normalized spacial score (nSPS) is 24.6. The lowest BCUT2D eigenvalue weighted by atomic mass is 9.97. The average molecular weight is 226 g/mol. The molecule has 0 aliphatic carbocycles. The van der Waals surface area contributed by atoms with E-state index in [1.165, 1.54) is 58.3 Å². The Bertz CT molecular complexity index is 170. The van der Waals surface area contributed by atoms with Crippen molar-refractivity contribution in [1.82, 2.24) is 10.2 Å². The first-order valence-corrected chi connectivity index (χ1v) is 7.23. The molecular formula is C14H30N2. The van der Waals surface area contributed by atoms with Gasteiger partial charge >= 0.3 is 0 Å². The SMILES string of the molecule is CCCCCCN1CCNC(C(C)CC)C1. The summed E-state index contributed by atoms with van der Waals surface area (Å²) in [4.78, 5) is 2.66. The van der Waals surface area contributed by atoms with Gasteiger partial charge in [0.15, 0.2) is 0 Å². The predicted molar refractivity (Wildman–Crippen MR) is 71.8 cm³/mol. The van der Waals surface area contributed by atoms with Crippen molar-refractivity contribution in [3.8, 4) is 0 Å². The molecule has 96 valence electrons. The maximum atomic E-state index is 3.66. The second kappa shape index (κ2) is 8.08. The summed E-state index contributed by atoms with van der Waals surface area (Å²) in [5.41, 5.74) is 0. The summed E-state index contributed by atoms with van der Waals surface area (Å²) in [5.74, 6) is 0.818. The van der Waals surface area contributed by atoms with Gasteiger partial charge in [-0.2, -0.15) is 0 Å². The van der Waals surface area contributed by atoms with Gasteiger partial charge in [-0.1, -0.05) is 46.5 Å². The molecule has 1 rings (SSSR count). The summed E-state index contributed by atoms with van der Waals surface area (Å²) < 4.78 is 0. The van der Waals surface area contributed by atoms with E-state index < -0.39 is 0 Å². The summed E-state index contributed by atoms with van der Waals surface area (Å²) in [6.07, 6.45) is 6.84. The van der Waals surface area contributed by atoms with Crippen LogP contribution in [0.3, 0.4) is 0 Å². The summed E-state index contributed by atoms with van der Waals surface area (Å²) >= 11 is 0. The van der Waals surface area contributed by atoms with E-state index in [2.05, 4.69) is 31.0 Å². The van der Waals surface area contributed by atoms with Crippen LogP contribution in [0, 0.1) is 5.92 Å². The van der Waals surface area contributed by atoms with E-state index in [0.29, 0.717) is 0 Å². The highest BCUT2D eigenvalue weighted by Gasteiger charge is 2.22. The second-order valence-electron chi connectivity index (χ2n) is 5.31. The third kappa shape index (κ3) is 4.84. The first-order chi connectivity index (χ1) is 7.77. The number of rotatable bonds is 7. The quantitative estimate of drug-likeness (QED) is 0.672. The minimum absolute atomic E-state index is 0.727. The summed E-state index contributed by atoms with van der Waals surface area (Å²) in [7, 11) is 0. The molecular weight excluding hydrogens is 196 g/mol. The van der Waals surface area contributed by atoms with Gasteiger partial charge in [0.2, 0.25) is 0 Å². The maximum absolute atomic E-state index is 3.66. The van der Waals surface area contributed by atoms with Gasteiger partial charge in [0, 0.05) is 25.7 Å². The molecule has 1 N–H and O–H groups in total. The van der Waals surface area contributed by atoms with Crippen molar-refractivity contribution < 1.29 is 0 Å². The van der Waals surface area contributed by atoms with Crippen LogP contribution in [0.25, 0.3) is 0 Å². The van der Waals surface area contributed by atoms with Crippen molar-refractivity contribution in [2.75, 3.05) is 26.2 Å². The Morgan fingerprint density at radius 1 is 1.25 bits per heavy atom. The number of hydrogen-bond acceptors (Lipinski definition) is 2. The molecule has 0 spiro atoms. The molecule has 0 aromatic carbocycles. The van der Waals surface area contributed by atoms with Crippen molar-refractivity contribution in [3.05, 3.63) is 0 Å². The standard InChI is InChI=1S/C14H30N2/c1-4-6-7-8-10-16-11-9-15-14(12-16)13(3)5-2/h13-15H,4-12H2,1-3H3. The van der Waals surface area contributed by atoms with Crippen molar-refractivity contribution in [3.63, 3.8) is 0 Å². The molecule has 0 saturated carbocycles. The first-order valence-electron chi connectivity index (χ1n) is 7.23. The Labute approximate surface area is 102 Å². The molecule has 1 aliphatic rings. The number of unbranched alkanes of at least 4 members (excludes halogenated alkanes) is 3. The predicted octanol–water partition coefficient (Wildman–Crippen LogP) is 2.89. The van der Waals surface area contributed by atoms with Gasteiger partial charge in [-0.15, -0.1) is 0 Å². The van der Waals surface area contributed by atoms with Crippen molar-refractivity contribution in [2.24, 2.45) is 5.92 Å². The Balaban J connectivity index is 2.17. The van der Waals surface area contributed by atoms with Crippen LogP contribution in [-0.4, -0.2) is 37.1 Å². The zero-order valence-corrected chi connectivity index (χ0v) is 11.5. The minimum atomic E-state index is 0.727. The fraction of sp³-hybridized carbons (Fsp3) is 1.00. The van der Waals surface area contributed by atoms with Gasteiger partial charge in [-0.25, -0.2) is 0 Å². The molecule has 0 aromatic heterocycles. The smallest absolute Gasteiger partial charge is 0.0221 e. The molecule has 0 radical (unpaired) electrons. The summed E-state index contributed by atoms with van der Waals surface area (Å²) in [5, 5.41) is 3.66. The van der Waals surface area contributed by atoms with Crippen LogP contribution in [0.15, 0.2) is 0 Å². The molecule has 0 aromatic rings. The van der Waals surface area contributed by atoms with Crippen molar-refractivity contribution in [2.45, 2.75) is 58.9 Å². The maximum Gasteiger partial charge on any atom is 0.0221 e. The Morgan fingerprint density at radius 2 is 2.06 bits per heavy atom. The average Bonchev–Trinajstić information content (AvgIpc) is 2.34. The number of hydrogen-bond donors (Lipinski definition) is 1. The molecule has 1 heterocycles. The van der Waals surface area contributed by atoms with Crippen LogP contribution >= 0.6 is 0 Å². The molecule has 1 saturated heterocycles. The molecule has 2 atom stereocenters. The van der Waals surface area contributed by atoms with E-state index >= 15 is 0 Å². The second-order valence-corrected chi connectivity index (χ2v) is 5.31. The summed E-state index contributed by atoms with van der Waals surface area (Å²) in [6, 6.07) is 0.727. The topological polar surface area (TPSA) is 15.3 Å². The molecule has 1 aliphatic heterocycles. The van der Waals surface area contributed by atoms with Crippen LogP contribution in [0.2, 0.25) is 0 Å². The van der Waals surface area contributed by atoms with E-state index in [1.54, 1.807) is 0 Å². The van der Waals surface area contributed by atoms with Gasteiger partial charge < -0.3 is 10.2 Å². The zero-order valence-electron chi connectivity index (χ0n) is 11.5. The summed E-state index contributed by atoms with van der Waals surface area (Å²) in [6.45, 7) is 12.0. The van der Waals surface area contributed by atoms with Crippen LogP contribution < -0.4 is 5.32 Å². The Morgan fingerprint density at radius 3 is 2.75 bits per heavy atom. The third-order valence-electron chi connectivity index (χ3n) is 3.95. The molecule has 0 amide bonds. The van der Waals surface area contributed by atoms with Crippen LogP contribution in [0.4, 0.5) is 0 Å². The highest BCUT2D eigenvalue weighted by Crippen LogP contribution is 2.13. The highest BCUT2D eigenvalue weighted by molar-refractivity contribution is 4.81. The lowest BCUT2D eigenvalue weighted by Crippen LogP contribution is -2.53. The lowest BCUT2D eigenvalue weighted by molar-refractivity contribution is 0.166. The van der Waals surface area contributed by atoms with Crippen LogP contribution in [0.5, 0.6) is 0 Å². The zero-order chi connectivity index (χ0) is 11.8. The molecule has 1 fully saturated rings. The highest BCUT2D eigenvalue weighted by atomic mass is 15.2. The van der Waals surface area contributed by atoms with Crippen molar-refractivity contribution >= 4 is 0 Å². The van der Waals surface area contributed by atoms with E-state index in [4.69, 9.17) is 0 Å². The van der Waals surface area contributed by atoms with E-state index in [0.717, 1.165) is 12.0 Å². The third-order valence-corrected chi connectivity index (χ3v) is 3.95. The Hall–Kier alpha value is -0.0800. The number of piperazine rings is 1. The molecule has 2 unspecified atom stereocenters. The lowest BCUT2D eigenvalue weighted by Gasteiger charge is -2.36. The van der Waals surface area contributed by atoms with E-state index in [1.807, 2.05) is 0 Å². The first kappa shape index (κ1) is 14.0. The van der Waals surface area contributed by atoms with Gasteiger partial charge in [-0.05, 0) is 18.9 Å². The van der Waals surface area contributed by atoms with Crippen LogP contribution in [-0.2, 0) is 0 Å². The fourth-order valence-corrected chi connectivity index (χ4v) is 2.47. The monoisotopic (exact) mass is 226 g/mol. The molecule has 16 heavy (non-hydrogen) atoms. The minimum Gasteiger partial charge on any atom is -0.311 e. The van der Waals surface area contributed by atoms with Crippen LogP contribution in [0.1, 0.15) is 52.9 Å². The molecule has 2 heteroatoms. The van der Waals surface area contributed by atoms with Gasteiger partial charge in [-0.3, -0.25) is 0 Å². The van der Waals surface area contributed by atoms with Gasteiger partial charge in [0.05, 0.1) is 0 Å². The Kier molecular flexibility index (Phi) is 7.06.